The van der Waals surface area contributed by atoms with Crippen LogP contribution in [0.5, 0.6) is 5.75 Å². The Morgan fingerprint density at radius 1 is 1.10 bits per heavy atom. The molecule has 0 aliphatic heterocycles. The van der Waals surface area contributed by atoms with Crippen molar-refractivity contribution in [2.24, 2.45) is 0 Å². The van der Waals surface area contributed by atoms with E-state index >= 15 is 0 Å². The molecule has 1 aliphatic carbocycles. The molecule has 0 saturated heterocycles. The van der Waals surface area contributed by atoms with Gasteiger partial charge in [0.2, 0.25) is 21.8 Å². The van der Waals surface area contributed by atoms with Crippen LogP contribution in [0.15, 0.2) is 42.5 Å². The number of hydrogen-bond donors (Lipinski definition) is 1. The van der Waals surface area contributed by atoms with Gasteiger partial charge in [-0.25, -0.2) is 8.42 Å². The number of benzene rings is 2. The van der Waals surface area contributed by atoms with Gasteiger partial charge in [-0.3, -0.25) is 13.9 Å². The van der Waals surface area contributed by atoms with Crippen molar-refractivity contribution in [1.82, 2.24) is 10.2 Å². The average molecular weight is 599 g/mol. The molecule has 1 atom stereocenters. The molecule has 1 saturated carbocycles. The molecule has 0 spiro atoms. The number of carbonyl (C=O) groups excluding carboxylic acids is 2. The molecule has 1 fully saturated rings. The van der Waals surface area contributed by atoms with Crippen molar-refractivity contribution in [3.05, 3.63) is 58.1 Å². The summed E-state index contributed by atoms with van der Waals surface area (Å²) in [5.41, 5.74) is 1.12. The van der Waals surface area contributed by atoms with Crippen molar-refractivity contribution in [2.45, 2.75) is 70.5 Å². The van der Waals surface area contributed by atoms with E-state index in [2.05, 4.69) is 5.32 Å². The summed E-state index contributed by atoms with van der Waals surface area (Å²) in [5.74, 6) is 0.0146. The van der Waals surface area contributed by atoms with Crippen LogP contribution >= 0.6 is 23.2 Å². The van der Waals surface area contributed by atoms with Gasteiger partial charge in [-0.15, -0.1) is 0 Å². The second-order valence-electron chi connectivity index (χ2n) is 9.78. The lowest BCUT2D eigenvalue weighted by atomic mass is 10.1. The summed E-state index contributed by atoms with van der Waals surface area (Å²) in [6.45, 7) is 2.13. The van der Waals surface area contributed by atoms with Gasteiger partial charge < -0.3 is 15.0 Å². The van der Waals surface area contributed by atoms with Gasteiger partial charge in [0.15, 0.2) is 0 Å². The number of amides is 2. The number of carbonyl (C=O) groups is 2. The maximum Gasteiger partial charge on any atom is 0.243 e. The maximum atomic E-state index is 13.6. The Hall–Kier alpha value is -2.49. The lowest BCUT2D eigenvalue weighted by molar-refractivity contribution is -0.141. The predicted molar refractivity (Wildman–Crippen MR) is 156 cm³/mol. The van der Waals surface area contributed by atoms with Gasteiger partial charge in [0.25, 0.3) is 0 Å². The van der Waals surface area contributed by atoms with Crippen LogP contribution in [0.1, 0.15) is 57.4 Å². The van der Waals surface area contributed by atoms with Crippen molar-refractivity contribution in [2.75, 3.05) is 24.2 Å². The molecule has 0 heterocycles. The minimum atomic E-state index is -3.65. The molecular weight excluding hydrogens is 561 g/mol. The minimum Gasteiger partial charge on any atom is -0.495 e. The zero-order chi connectivity index (χ0) is 28.6. The number of anilines is 1. The van der Waals surface area contributed by atoms with Gasteiger partial charge >= 0.3 is 0 Å². The summed E-state index contributed by atoms with van der Waals surface area (Å²) in [6.07, 6.45) is 5.89. The van der Waals surface area contributed by atoms with Crippen LogP contribution in [-0.2, 0) is 26.2 Å². The summed E-state index contributed by atoms with van der Waals surface area (Å²) in [5, 5.41) is 3.92. The van der Waals surface area contributed by atoms with Crippen LogP contribution in [-0.4, -0.2) is 57.1 Å². The van der Waals surface area contributed by atoms with Crippen LogP contribution in [0, 0.1) is 0 Å². The van der Waals surface area contributed by atoms with Crippen molar-refractivity contribution >= 4 is 50.7 Å². The Morgan fingerprint density at radius 3 is 2.38 bits per heavy atom. The van der Waals surface area contributed by atoms with Gasteiger partial charge in [-0.2, -0.15) is 0 Å². The third-order valence-electron chi connectivity index (χ3n) is 6.96. The van der Waals surface area contributed by atoms with Crippen LogP contribution in [0.2, 0.25) is 10.0 Å². The fourth-order valence-corrected chi connectivity index (χ4v) is 6.32. The Morgan fingerprint density at radius 2 is 1.79 bits per heavy atom. The highest BCUT2D eigenvalue weighted by molar-refractivity contribution is 7.92. The molecule has 39 heavy (non-hydrogen) atoms. The van der Waals surface area contributed by atoms with Crippen molar-refractivity contribution in [1.29, 1.82) is 0 Å². The molecule has 214 valence electrons. The van der Waals surface area contributed by atoms with Crippen molar-refractivity contribution in [3.8, 4) is 5.75 Å². The third kappa shape index (κ3) is 8.50. The van der Waals surface area contributed by atoms with E-state index in [0.717, 1.165) is 37.5 Å². The quantitative estimate of drug-likeness (QED) is 0.333. The molecule has 0 unspecified atom stereocenters. The molecule has 2 amide bonds. The first-order valence-corrected chi connectivity index (χ1v) is 15.8. The van der Waals surface area contributed by atoms with E-state index in [1.165, 1.54) is 17.5 Å². The minimum absolute atomic E-state index is 0.0492. The largest absolute Gasteiger partial charge is 0.495 e. The zero-order valence-electron chi connectivity index (χ0n) is 22.7. The fraction of sp³-hybridized carbons (Fsp3) is 0.500. The fourth-order valence-electron chi connectivity index (χ4n) is 4.91. The Kier molecular flexibility index (Phi) is 11.3. The Bertz CT molecular complexity index is 1250. The van der Waals surface area contributed by atoms with E-state index in [-0.39, 0.29) is 48.8 Å². The molecule has 0 aromatic heterocycles. The van der Waals surface area contributed by atoms with Gasteiger partial charge in [0.05, 0.1) is 24.1 Å². The molecule has 1 N–H and O–H groups in total. The SMILES string of the molecule is CC[C@H](C(=O)NC1CCCC1)N(Cc1ccccc1Cl)C(=O)CCCN(c1ccc(OC)c(Cl)c1)S(C)(=O)=O. The number of nitrogens with zero attached hydrogens (tertiary/aromatic N) is 2. The monoisotopic (exact) mass is 597 g/mol. The predicted octanol–water partition coefficient (Wildman–Crippen LogP) is 5.41. The molecule has 3 rings (SSSR count). The smallest absolute Gasteiger partial charge is 0.243 e. The molecule has 0 radical (unpaired) electrons. The van der Waals surface area contributed by atoms with Crippen molar-refractivity contribution < 1.29 is 22.7 Å². The van der Waals surface area contributed by atoms with Gasteiger partial charge in [0, 0.05) is 30.6 Å². The van der Waals surface area contributed by atoms with Gasteiger partial charge in [-0.05, 0) is 55.5 Å². The Labute approximate surface area is 241 Å². The van der Waals surface area contributed by atoms with Crippen LogP contribution in [0.3, 0.4) is 0 Å². The molecular formula is C28H37Cl2N3O5S. The molecule has 8 nitrogen and oxygen atoms in total. The van der Waals surface area contributed by atoms with Crippen LogP contribution < -0.4 is 14.4 Å². The summed E-state index contributed by atoms with van der Waals surface area (Å²) in [4.78, 5) is 28.5. The van der Waals surface area contributed by atoms with E-state index in [4.69, 9.17) is 27.9 Å². The molecule has 2 aromatic carbocycles. The first kappa shape index (κ1) is 31.0. The maximum absolute atomic E-state index is 13.6. The number of methoxy groups -OCH3 is 1. The highest BCUT2D eigenvalue weighted by Crippen LogP contribution is 2.30. The molecule has 2 aromatic rings. The van der Waals surface area contributed by atoms with E-state index in [0.29, 0.717) is 22.9 Å². The zero-order valence-corrected chi connectivity index (χ0v) is 25.0. The standard InChI is InChI=1S/C28H37Cl2N3O5S/c1-4-25(28(35)31-21-11-6-7-12-21)32(19-20-10-5-8-13-23(20)29)27(34)14-9-17-33(39(3,36)37)22-15-16-26(38-2)24(30)18-22/h5,8,10,13,15-16,18,21,25H,4,6-7,9,11-12,14,17,19H2,1-3H3,(H,31,35)/t25-/m1/s1. The number of rotatable bonds is 13. The van der Waals surface area contributed by atoms with Crippen LogP contribution in [0.4, 0.5) is 5.69 Å². The second kappa shape index (κ2) is 14.2. The molecule has 1 aliphatic rings. The number of sulfonamides is 1. The highest BCUT2D eigenvalue weighted by atomic mass is 35.5. The van der Waals surface area contributed by atoms with E-state index in [9.17, 15) is 18.0 Å². The second-order valence-corrected chi connectivity index (χ2v) is 12.5. The number of hydrogen-bond acceptors (Lipinski definition) is 5. The van der Waals surface area contributed by atoms with Gasteiger partial charge in [-0.1, -0.05) is 61.2 Å². The summed E-state index contributed by atoms with van der Waals surface area (Å²) >= 11 is 12.6. The first-order chi connectivity index (χ1) is 18.5. The number of halogens is 2. The first-order valence-electron chi connectivity index (χ1n) is 13.2. The van der Waals surface area contributed by atoms with Crippen molar-refractivity contribution in [3.63, 3.8) is 0 Å². The Balaban J connectivity index is 1.77. The summed E-state index contributed by atoms with van der Waals surface area (Å²) < 4.78 is 31.5. The van der Waals surface area contributed by atoms with Gasteiger partial charge in [0.1, 0.15) is 11.8 Å². The lowest BCUT2D eigenvalue weighted by Crippen LogP contribution is -2.51. The normalized spacial score (nSPS) is 14.6. The summed E-state index contributed by atoms with van der Waals surface area (Å²) in [7, 11) is -2.17. The number of nitrogens with one attached hydrogen (secondary N) is 1. The van der Waals surface area contributed by atoms with E-state index < -0.39 is 16.1 Å². The highest BCUT2D eigenvalue weighted by Gasteiger charge is 2.31. The number of ether oxygens (including phenoxy) is 1. The third-order valence-corrected chi connectivity index (χ3v) is 8.82. The molecule has 11 heteroatoms. The molecule has 0 bridgehead atoms. The van der Waals surface area contributed by atoms with E-state index in [1.807, 2.05) is 25.1 Å². The average Bonchev–Trinajstić information content (AvgIpc) is 3.39. The summed E-state index contributed by atoms with van der Waals surface area (Å²) in [6, 6.07) is 11.4. The van der Waals surface area contributed by atoms with Crippen LogP contribution in [0.25, 0.3) is 0 Å². The van der Waals surface area contributed by atoms with E-state index in [1.54, 1.807) is 23.1 Å². The topological polar surface area (TPSA) is 96.0 Å². The lowest BCUT2D eigenvalue weighted by Gasteiger charge is -2.32.